The van der Waals surface area contributed by atoms with Crippen molar-refractivity contribution in [2.24, 2.45) is 0 Å². The van der Waals surface area contributed by atoms with E-state index in [0.717, 1.165) is 37.0 Å². The molecule has 0 spiro atoms. The summed E-state index contributed by atoms with van der Waals surface area (Å²) in [6.07, 6.45) is 7.64. The lowest BCUT2D eigenvalue weighted by atomic mass is 10.0. The van der Waals surface area contributed by atoms with E-state index in [9.17, 15) is 0 Å². The molecule has 4 nitrogen and oxygen atoms in total. The fourth-order valence-corrected chi connectivity index (χ4v) is 4.55. The number of hydrogen-bond acceptors (Lipinski definition) is 4. The van der Waals surface area contributed by atoms with E-state index in [1.165, 1.54) is 60.0 Å². The van der Waals surface area contributed by atoms with Gasteiger partial charge in [-0.2, -0.15) is 4.98 Å². The number of unbranched alkanes of at least 4 members (excludes halogenated alkanes) is 4. The largest absolute Gasteiger partial charge is 0.356 e. The molecule has 0 fully saturated rings. The van der Waals surface area contributed by atoms with Crippen LogP contribution >= 0.6 is 0 Å². The first-order valence-electron chi connectivity index (χ1n) is 10.9. The van der Waals surface area contributed by atoms with Gasteiger partial charge in [-0.05, 0) is 51.7 Å². The second-order valence-electron chi connectivity index (χ2n) is 8.37. The summed E-state index contributed by atoms with van der Waals surface area (Å²) in [5.41, 5.74) is 7.52. The lowest BCUT2D eigenvalue weighted by Gasteiger charge is -2.25. The van der Waals surface area contributed by atoms with Gasteiger partial charge in [0.1, 0.15) is 5.82 Å². The molecule has 2 heterocycles. The average molecular weight is 381 g/mol. The molecule has 0 unspecified atom stereocenters. The molecule has 1 aliphatic rings. The highest BCUT2D eigenvalue weighted by Crippen LogP contribution is 2.34. The lowest BCUT2D eigenvalue weighted by Crippen LogP contribution is -2.24. The number of fused-ring (bicyclic) bond motifs is 1. The Morgan fingerprint density at radius 1 is 0.964 bits per heavy atom. The Hall–Kier alpha value is -2.10. The first kappa shape index (κ1) is 20.6. The van der Waals surface area contributed by atoms with E-state index in [-0.39, 0.29) is 0 Å². The molecule has 0 amide bonds. The van der Waals surface area contributed by atoms with Crippen molar-refractivity contribution in [1.29, 1.82) is 0 Å². The number of anilines is 3. The van der Waals surface area contributed by atoms with Crippen molar-refractivity contribution in [1.82, 2.24) is 9.97 Å². The number of hydrogen-bond donors (Lipinski definition) is 0. The summed E-state index contributed by atoms with van der Waals surface area (Å²) >= 11 is 0. The molecule has 0 aliphatic carbocycles. The van der Waals surface area contributed by atoms with Crippen molar-refractivity contribution in [3.8, 4) is 0 Å². The Morgan fingerprint density at radius 2 is 1.64 bits per heavy atom. The van der Waals surface area contributed by atoms with E-state index in [1.807, 2.05) is 0 Å². The minimum absolute atomic E-state index is 0.809. The van der Waals surface area contributed by atoms with Gasteiger partial charge in [0.2, 0.25) is 5.95 Å². The van der Waals surface area contributed by atoms with Gasteiger partial charge in [-0.3, -0.25) is 0 Å². The van der Waals surface area contributed by atoms with Gasteiger partial charge in [0.15, 0.2) is 0 Å². The molecular formula is C24H36N4. The molecule has 0 atom stereocenters. The Balaban J connectivity index is 1.83. The first-order valence-corrected chi connectivity index (χ1v) is 10.9. The van der Waals surface area contributed by atoms with Gasteiger partial charge in [-0.1, -0.05) is 50.3 Å². The molecule has 0 bridgehead atoms. The van der Waals surface area contributed by atoms with Crippen molar-refractivity contribution in [3.63, 3.8) is 0 Å². The topological polar surface area (TPSA) is 32.3 Å². The summed E-state index contributed by atoms with van der Waals surface area (Å²) in [6.45, 7) is 13.1. The van der Waals surface area contributed by atoms with Crippen LogP contribution in [0.1, 0.15) is 67.0 Å². The number of benzene rings is 1. The fraction of sp³-hybridized carbons (Fsp3) is 0.583. The molecule has 152 valence electrons. The normalized spacial score (nSPS) is 13.1. The van der Waals surface area contributed by atoms with Gasteiger partial charge in [-0.25, -0.2) is 4.98 Å². The van der Waals surface area contributed by atoms with Crippen LogP contribution in [0.4, 0.5) is 17.5 Å². The van der Waals surface area contributed by atoms with E-state index in [4.69, 9.17) is 9.97 Å². The van der Waals surface area contributed by atoms with Gasteiger partial charge in [0, 0.05) is 37.1 Å². The van der Waals surface area contributed by atoms with E-state index in [2.05, 4.69) is 63.6 Å². The molecule has 1 aromatic carbocycles. The maximum absolute atomic E-state index is 5.03. The van der Waals surface area contributed by atoms with Crippen molar-refractivity contribution in [3.05, 3.63) is 40.1 Å². The van der Waals surface area contributed by atoms with Crippen LogP contribution in [0.15, 0.2) is 12.1 Å². The maximum atomic E-state index is 5.03. The van der Waals surface area contributed by atoms with E-state index in [0.29, 0.717) is 0 Å². The molecular weight excluding hydrogens is 344 g/mol. The quantitative estimate of drug-likeness (QED) is 0.541. The second kappa shape index (κ2) is 8.93. The Labute approximate surface area is 171 Å². The number of aromatic nitrogens is 2. The molecule has 0 N–H and O–H groups in total. The van der Waals surface area contributed by atoms with Crippen molar-refractivity contribution in [2.75, 3.05) is 29.9 Å². The molecule has 0 saturated heterocycles. The van der Waals surface area contributed by atoms with E-state index in [1.54, 1.807) is 0 Å². The highest BCUT2D eigenvalue weighted by molar-refractivity contribution is 5.68. The zero-order valence-corrected chi connectivity index (χ0v) is 18.6. The van der Waals surface area contributed by atoms with Crippen LogP contribution in [0.2, 0.25) is 0 Å². The predicted octanol–water partition coefficient (Wildman–Crippen LogP) is 5.81. The van der Waals surface area contributed by atoms with E-state index < -0.39 is 0 Å². The van der Waals surface area contributed by atoms with Crippen LogP contribution in [0.3, 0.4) is 0 Å². The van der Waals surface area contributed by atoms with Crippen LogP contribution in [-0.4, -0.2) is 30.1 Å². The first-order chi connectivity index (χ1) is 13.4. The van der Waals surface area contributed by atoms with Crippen LogP contribution in [0, 0.1) is 27.7 Å². The lowest BCUT2D eigenvalue weighted by molar-refractivity contribution is 0.621. The number of aryl methyl sites for hydroxylation is 4. The second-order valence-corrected chi connectivity index (χ2v) is 8.37. The van der Waals surface area contributed by atoms with Crippen molar-refractivity contribution >= 4 is 17.5 Å². The molecule has 1 aromatic heterocycles. The monoisotopic (exact) mass is 380 g/mol. The fourth-order valence-electron chi connectivity index (χ4n) is 4.55. The zero-order valence-electron chi connectivity index (χ0n) is 18.6. The molecule has 28 heavy (non-hydrogen) atoms. The van der Waals surface area contributed by atoms with Crippen LogP contribution in [-0.2, 0) is 6.42 Å². The predicted molar refractivity (Wildman–Crippen MR) is 120 cm³/mol. The molecule has 4 heteroatoms. The highest BCUT2D eigenvalue weighted by atomic mass is 15.3. The Morgan fingerprint density at radius 3 is 2.32 bits per heavy atom. The maximum Gasteiger partial charge on any atom is 0.231 e. The number of nitrogens with zero attached hydrogens (tertiary/aromatic N) is 4. The Bertz CT molecular complexity index is 805. The Kier molecular flexibility index (Phi) is 6.58. The smallest absolute Gasteiger partial charge is 0.231 e. The molecule has 0 saturated carbocycles. The van der Waals surface area contributed by atoms with Gasteiger partial charge >= 0.3 is 0 Å². The summed E-state index contributed by atoms with van der Waals surface area (Å²) in [5, 5.41) is 0. The van der Waals surface area contributed by atoms with Crippen LogP contribution < -0.4 is 9.80 Å². The third-order valence-corrected chi connectivity index (χ3v) is 5.91. The summed E-state index contributed by atoms with van der Waals surface area (Å²) in [5.74, 6) is 1.97. The minimum Gasteiger partial charge on any atom is -0.356 e. The minimum atomic E-state index is 0.809. The van der Waals surface area contributed by atoms with Gasteiger partial charge < -0.3 is 9.80 Å². The average Bonchev–Trinajstić information content (AvgIpc) is 3.04. The van der Waals surface area contributed by atoms with Crippen molar-refractivity contribution in [2.45, 2.75) is 73.1 Å². The molecule has 0 radical (unpaired) electrons. The van der Waals surface area contributed by atoms with E-state index >= 15 is 0 Å². The van der Waals surface area contributed by atoms with Gasteiger partial charge in [-0.15, -0.1) is 0 Å². The van der Waals surface area contributed by atoms with Crippen LogP contribution in [0.25, 0.3) is 0 Å². The summed E-state index contributed by atoms with van der Waals surface area (Å²) in [6, 6.07) is 4.48. The summed E-state index contributed by atoms with van der Waals surface area (Å²) < 4.78 is 0. The summed E-state index contributed by atoms with van der Waals surface area (Å²) in [4.78, 5) is 14.5. The van der Waals surface area contributed by atoms with Crippen molar-refractivity contribution < 1.29 is 0 Å². The van der Waals surface area contributed by atoms with Gasteiger partial charge in [0.05, 0.1) is 0 Å². The molecule has 2 aromatic rings. The molecule has 1 aliphatic heterocycles. The summed E-state index contributed by atoms with van der Waals surface area (Å²) in [7, 11) is 2.09. The highest BCUT2D eigenvalue weighted by Gasteiger charge is 2.25. The molecule has 3 rings (SSSR count). The third-order valence-electron chi connectivity index (χ3n) is 5.91. The van der Waals surface area contributed by atoms with Crippen LogP contribution in [0.5, 0.6) is 0 Å². The van der Waals surface area contributed by atoms with Gasteiger partial charge in [0.25, 0.3) is 0 Å². The standard InChI is InChI=1S/C24H36N4/c1-7-8-9-10-11-13-28-14-12-21-20(5)25-24(26-23(21)28)27(6)22-18(3)15-17(2)16-19(22)4/h15-16H,7-14H2,1-6H3. The zero-order chi connectivity index (χ0) is 20.3. The third kappa shape index (κ3) is 4.31. The number of rotatable bonds is 8. The SMILES string of the molecule is CCCCCCCN1CCc2c(C)nc(N(C)c3c(C)cc(C)cc3C)nc21.